The van der Waals surface area contributed by atoms with Crippen LogP contribution in [-0.2, 0) is 10.8 Å². The van der Waals surface area contributed by atoms with Crippen LogP contribution in [-0.4, -0.2) is 19.7 Å². The summed E-state index contributed by atoms with van der Waals surface area (Å²) in [5.74, 6) is 1.83. The minimum absolute atomic E-state index is 0.0951. The van der Waals surface area contributed by atoms with Crippen molar-refractivity contribution in [2.24, 2.45) is 0 Å². The van der Waals surface area contributed by atoms with Crippen LogP contribution in [0.5, 0.6) is 23.0 Å². The first-order chi connectivity index (χ1) is 42.1. The molecule has 4 heterocycles. The molecule has 0 fully saturated rings. The summed E-state index contributed by atoms with van der Waals surface area (Å²) >= 11 is 22.5. The van der Waals surface area contributed by atoms with Crippen LogP contribution < -0.4 is 30.0 Å². The third kappa shape index (κ3) is 5.32. The molecule has 4 aliphatic heterocycles. The molecule has 0 atom stereocenters. The average molecular weight is 1380 g/mol. The van der Waals surface area contributed by atoms with E-state index in [-0.39, 0.29) is 31.6 Å². The second-order valence-corrected chi connectivity index (χ2v) is 39.6. The van der Waals surface area contributed by atoms with Crippen LogP contribution in [0.3, 0.4) is 0 Å². The van der Waals surface area contributed by atoms with Gasteiger partial charge in [-0.05, 0) is 0 Å². The van der Waals surface area contributed by atoms with Gasteiger partial charge in [0, 0.05) is 0 Å². The van der Waals surface area contributed by atoms with Gasteiger partial charge < -0.3 is 0 Å². The average Bonchev–Trinajstić information content (AvgIpc) is 1.05. The molecule has 10 heteroatoms. The third-order valence-electron chi connectivity index (χ3n) is 20.0. The first-order valence-electron chi connectivity index (χ1n) is 28.9. The molecule has 0 radical (unpaired) electrons. The normalized spacial score (nSPS) is 16.9. The van der Waals surface area contributed by atoms with Crippen molar-refractivity contribution in [2.45, 2.75) is 24.7 Å². The molecule has 0 bridgehead atoms. The van der Waals surface area contributed by atoms with Crippen molar-refractivity contribution in [2.75, 3.05) is 9.80 Å². The molecule has 3 spiro atoms. The van der Waals surface area contributed by atoms with Crippen molar-refractivity contribution in [3.05, 3.63) is 300 Å². The molecule has 0 saturated heterocycles. The Kier molecular flexibility index (Phi) is 9.20. The number of nitrogens with zero attached hydrogens (tertiary/aromatic N) is 2. The fourth-order valence-electron chi connectivity index (χ4n) is 17.2. The zero-order chi connectivity index (χ0) is 57.1. The third-order valence-corrected chi connectivity index (χ3v) is 40.6. The van der Waals surface area contributed by atoms with Crippen LogP contribution in [0.1, 0.15) is 55.6 Å². The van der Waals surface area contributed by atoms with Crippen LogP contribution in [0.4, 0.5) is 34.1 Å². The Bertz CT molecular complexity index is 4820. The number of rotatable bonds is 2. The van der Waals surface area contributed by atoms with Crippen LogP contribution >= 0.6 is 46.4 Å². The Balaban J connectivity index is 0.907. The number of hydrogen-bond donors (Lipinski definition) is 0. The second-order valence-electron chi connectivity index (χ2n) is 24.0. The van der Waals surface area contributed by atoms with Crippen molar-refractivity contribution >= 4 is 110 Å². The van der Waals surface area contributed by atoms with Gasteiger partial charge in [0.15, 0.2) is 0 Å². The van der Waals surface area contributed by atoms with Gasteiger partial charge in [-0.15, -0.1) is 0 Å². The molecule has 5 nitrogen and oxygen atoms in total. The SMILES string of the molecule is Cc1cc2[c]3c(c1)N(c1ccc4c(c1)C1(c5ccccc5-c5ccccc51)c1ccccc1-4)c1cccc4[c]1[Bi]31([O]c3c(Cl)c(Cl)c(Cl)c(Cl)c3[O]1)[c]1c(cc(C)cc1N4c1ccc3c(c1)C1(c4ccccc4-c4ccccc41)c1ccccc1-3)O2. The first-order valence-corrected chi connectivity index (χ1v) is 38.5. The van der Waals surface area contributed by atoms with Crippen LogP contribution in [0.25, 0.3) is 44.5 Å². The maximum absolute atomic E-state index is 8.24. The van der Waals surface area contributed by atoms with Crippen LogP contribution in [0.15, 0.2) is 224 Å². The molecular weight excluding hydrogens is 1340 g/mol. The van der Waals surface area contributed by atoms with E-state index in [0.717, 1.165) is 55.1 Å². The monoisotopic (exact) mass is 1380 g/mol. The fraction of sp³-hybridized carbons (Fsp3) is 0.0526. The molecule has 4 aliphatic carbocycles. The zero-order valence-electron chi connectivity index (χ0n) is 45.9. The van der Waals surface area contributed by atoms with E-state index < -0.39 is 30.5 Å². The van der Waals surface area contributed by atoms with Gasteiger partial charge in [0.2, 0.25) is 0 Å². The van der Waals surface area contributed by atoms with E-state index in [4.69, 9.17) is 56.8 Å². The molecule has 0 saturated carbocycles. The molecule has 408 valence electrons. The van der Waals surface area contributed by atoms with Crippen molar-refractivity contribution in [3.8, 4) is 67.5 Å². The summed E-state index contributed by atoms with van der Waals surface area (Å²) in [5.41, 5.74) is 26.2. The van der Waals surface area contributed by atoms with Gasteiger partial charge in [0.25, 0.3) is 0 Å². The number of aryl methyl sites for hydroxylation is 2. The quantitative estimate of drug-likeness (QED) is 0.0979. The summed E-state index contributed by atoms with van der Waals surface area (Å²) in [6.45, 7) is 4.26. The summed E-state index contributed by atoms with van der Waals surface area (Å²) in [6.07, 6.45) is 0. The second kappa shape index (κ2) is 16.2. The van der Waals surface area contributed by atoms with Crippen molar-refractivity contribution in [3.63, 3.8) is 0 Å². The molecular formula is C76H43BiCl4N2O3. The topological polar surface area (TPSA) is 34.2 Å². The first kappa shape index (κ1) is 48.9. The number of halogens is 4. The molecule has 12 aromatic rings. The van der Waals surface area contributed by atoms with Crippen molar-refractivity contribution < 1.29 is 10.4 Å². The number of fused-ring (bicyclic) bond motifs is 21. The van der Waals surface area contributed by atoms with Gasteiger partial charge in [0.1, 0.15) is 0 Å². The Labute approximate surface area is 518 Å². The summed E-state index contributed by atoms with van der Waals surface area (Å²) in [4.78, 5) is 4.87. The molecule has 8 aliphatic rings. The van der Waals surface area contributed by atoms with Gasteiger partial charge in [-0.3, -0.25) is 0 Å². The summed E-state index contributed by atoms with van der Waals surface area (Å²) in [5, 5.41) is 0.463. The summed E-state index contributed by atoms with van der Waals surface area (Å²) in [6, 6.07) is 83.3. The van der Waals surface area contributed by atoms with Crippen molar-refractivity contribution in [1.29, 1.82) is 0 Å². The zero-order valence-corrected chi connectivity index (χ0v) is 52.4. The predicted octanol–water partition coefficient (Wildman–Crippen LogP) is 19.2. The minimum atomic E-state index is -6.64. The Morgan fingerprint density at radius 3 is 0.988 bits per heavy atom. The summed E-state index contributed by atoms with van der Waals surface area (Å²) < 4.78 is 26.6. The van der Waals surface area contributed by atoms with E-state index in [1.54, 1.807) is 0 Å². The van der Waals surface area contributed by atoms with E-state index >= 15 is 0 Å². The molecule has 0 amide bonds. The Morgan fingerprint density at radius 1 is 0.314 bits per heavy atom. The van der Waals surface area contributed by atoms with Gasteiger partial charge in [-0.2, -0.15) is 0 Å². The van der Waals surface area contributed by atoms with Gasteiger partial charge in [0.05, 0.1) is 0 Å². The van der Waals surface area contributed by atoms with Crippen molar-refractivity contribution in [1.82, 2.24) is 0 Å². The van der Waals surface area contributed by atoms with E-state index in [0.29, 0.717) is 11.5 Å². The van der Waals surface area contributed by atoms with Crippen LogP contribution in [0, 0.1) is 13.8 Å². The van der Waals surface area contributed by atoms with Gasteiger partial charge >= 0.3 is 523 Å². The fourth-order valence-corrected chi connectivity index (χ4v) is 40.5. The van der Waals surface area contributed by atoms with Crippen LogP contribution in [0.2, 0.25) is 20.1 Å². The standard InChI is InChI=1S/C70H43N2O.C6H2Cl4O2.Bi/c1-43-34-49-39-51(36-43)73-52-37-44(2)35-50(40-52)72(48-31-33-60-58-23-8-14-29-66(58)70(68(60)42-48)63-26-11-5-20-55(63)56-21-6-12-27-64(56)70)46-17-15-16-45(38-46)71(49)47-30-32-59-57-22-7-13-28-65(57)69(67(59)41-47)61-24-9-3-18-53(61)54-19-4-10-25-62(54)69;7-1-2(8)4(10)6(12)5(11)3(1)9;/h3-37,41-42H,1-2H3;11-12H;/q;;+2/p-2. The Hall–Kier alpha value is -8.32. The number of benzene rings is 12. The van der Waals surface area contributed by atoms with Gasteiger partial charge in [-0.1, -0.05) is 0 Å². The van der Waals surface area contributed by atoms with E-state index in [9.17, 15) is 0 Å². The van der Waals surface area contributed by atoms with Gasteiger partial charge in [-0.25, -0.2) is 0 Å². The number of ether oxygens (including phenoxy) is 1. The molecule has 86 heavy (non-hydrogen) atoms. The molecule has 0 N–H and O–H groups in total. The molecule has 20 rings (SSSR count). The van der Waals surface area contributed by atoms with E-state index in [1.165, 1.54) is 89.0 Å². The predicted molar refractivity (Wildman–Crippen MR) is 350 cm³/mol. The summed E-state index contributed by atoms with van der Waals surface area (Å²) in [7, 11) is 0. The molecule has 12 aromatic carbocycles. The number of anilines is 6. The Morgan fingerprint density at radius 2 is 0.640 bits per heavy atom. The maximum atomic E-state index is 8.24. The molecule has 0 unspecified atom stereocenters. The molecule has 0 aromatic heterocycles. The van der Waals surface area contributed by atoms with E-state index in [2.05, 4.69) is 248 Å². The number of hydrogen-bond acceptors (Lipinski definition) is 5. The van der Waals surface area contributed by atoms with E-state index in [1.807, 2.05) is 0 Å².